The van der Waals surface area contributed by atoms with Crippen LogP contribution in [0, 0.1) is 0 Å². The van der Waals surface area contributed by atoms with Crippen molar-refractivity contribution in [2.45, 2.75) is 25.2 Å². The Morgan fingerprint density at radius 1 is 1.08 bits per heavy atom. The van der Waals surface area contributed by atoms with E-state index in [0.717, 1.165) is 5.56 Å². The van der Waals surface area contributed by atoms with Crippen LogP contribution < -0.4 is 15.8 Å². The van der Waals surface area contributed by atoms with Gasteiger partial charge in [0.2, 0.25) is 5.91 Å². The zero-order valence-electron chi connectivity index (χ0n) is 13.4. The van der Waals surface area contributed by atoms with Gasteiger partial charge in [-0.2, -0.15) is 0 Å². The van der Waals surface area contributed by atoms with Crippen molar-refractivity contribution in [1.29, 1.82) is 0 Å². The van der Waals surface area contributed by atoms with Crippen LogP contribution in [0.25, 0.3) is 0 Å². The quantitative estimate of drug-likeness (QED) is 0.803. The number of ether oxygens (including phenoxy) is 1. The smallest absolute Gasteiger partial charge is 0.406 e. The van der Waals surface area contributed by atoms with Crippen molar-refractivity contribution in [1.82, 2.24) is 5.32 Å². The number of rotatable bonds is 7. The maximum Gasteiger partial charge on any atom is 0.573 e. The number of alkyl halides is 3. The molecule has 2 aromatic rings. The van der Waals surface area contributed by atoms with Crippen LogP contribution in [0.3, 0.4) is 0 Å². The van der Waals surface area contributed by atoms with Crippen molar-refractivity contribution < 1.29 is 22.7 Å². The summed E-state index contributed by atoms with van der Waals surface area (Å²) in [5.74, 6) is -0.518. The molecule has 0 bridgehead atoms. The van der Waals surface area contributed by atoms with E-state index in [0.29, 0.717) is 5.56 Å². The van der Waals surface area contributed by atoms with Gasteiger partial charge in [0.25, 0.3) is 0 Å². The second kappa shape index (κ2) is 8.53. The molecule has 0 fully saturated rings. The lowest BCUT2D eigenvalue weighted by Crippen LogP contribution is -2.29. The fourth-order valence-corrected chi connectivity index (χ4v) is 2.36. The third kappa shape index (κ3) is 6.46. The van der Waals surface area contributed by atoms with E-state index in [2.05, 4.69) is 10.1 Å². The molecule has 0 spiro atoms. The van der Waals surface area contributed by atoms with E-state index >= 15 is 0 Å². The maximum atomic E-state index is 12.4. The molecule has 1 atom stereocenters. The summed E-state index contributed by atoms with van der Waals surface area (Å²) in [5, 5.41) is 2.67. The van der Waals surface area contributed by atoms with Crippen LogP contribution >= 0.6 is 0 Å². The van der Waals surface area contributed by atoms with Crippen molar-refractivity contribution in [3.05, 3.63) is 65.7 Å². The zero-order chi connectivity index (χ0) is 18.3. The number of nitrogens with one attached hydrogen (secondary N) is 1. The number of carbonyl (C=O) groups excluding carboxylic acids is 1. The average Bonchev–Trinajstić information content (AvgIpc) is 2.56. The van der Waals surface area contributed by atoms with Gasteiger partial charge in [-0.25, -0.2) is 0 Å². The summed E-state index contributed by atoms with van der Waals surface area (Å²) in [4.78, 5) is 11.9. The van der Waals surface area contributed by atoms with E-state index < -0.39 is 12.4 Å². The Morgan fingerprint density at radius 3 is 2.40 bits per heavy atom. The Kier molecular flexibility index (Phi) is 6.41. The molecule has 3 N–H and O–H groups in total. The van der Waals surface area contributed by atoms with Crippen LogP contribution in [0.4, 0.5) is 13.2 Å². The molecule has 1 unspecified atom stereocenters. The Balaban J connectivity index is 1.83. The molecule has 0 saturated carbocycles. The van der Waals surface area contributed by atoms with Gasteiger partial charge in [0.1, 0.15) is 5.75 Å². The van der Waals surface area contributed by atoms with E-state index in [9.17, 15) is 18.0 Å². The second-order valence-electron chi connectivity index (χ2n) is 5.48. The van der Waals surface area contributed by atoms with Gasteiger partial charge in [0.15, 0.2) is 0 Å². The second-order valence-corrected chi connectivity index (χ2v) is 5.48. The highest BCUT2D eigenvalue weighted by atomic mass is 19.4. The van der Waals surface area contributed by atoms with Gasteiger partial charge in [0.05, 0.1) is 0 Å². The van der Waals surface area contributed by atoms with Gasteiger partial charge in [-0.15, -0.1) is 13.2 Å². The van der Waals surface area contributed by atoms with Gasteiger partial charge in [-0.1, -0.05) is 48.5 Å². The third-order valence-electron chi connectivity index (χ3n) is 3.55. The number of halogens is 3. The maximum absolute atomic E-state index is 12.4. The normalized spacial score (nSPS) is 12.5. The molecule has 134 valence electrons. The van der Waals surface area contributed by atoms with Crippen molar-refractivity contribution in [3.8, 4) is 5.75 Å². The first-order valence-electron chi connectivity index (χ1n) is 7.76. The summed E-state index contributed by atoms with van der Waals surface area (Å²) < 4.78 is 41.1. The lowest BCUT2D eigenvalue weighted by atomic mass is 10.0. The van der Waals surface area contributed by atoms with E-state index in [1.54, 1.807) is 6.07 Å². The largest absolute Gasteiger partial charge is 0.573 e. The molecule has 0 heterocycles. The van der Waals surface area contributed by atoms with E-state index in [4.69, 9.17) is 5.73 Å². The molecule has 0 aliphatic carbocycles. The molecule has 0 saturated heterocycles. The molecule has 4 nitrogen and oxygen atoms in total. The van der Waals surface area contributed by atoms with E-state index in [1.165, 1.54) is 18.2 Å². The highest BCUT2D eigenvalue weighted by Crippen LogP contribution is 2.26. The molecule has 1 amide bonds. The number of nitrogens with two attached hydrogens (primary N) is 1. The monoisotopic (exact) mass is 352 g/mol. The van der Waals surface area contributed by atoms with Crippen molar-refractivity contribution >= 4 is 5.91 Å². The van der Waals surface area contributed by atoms with E-state index in [-0.39, 0.29) is 31.0 Å². The fourth-order valence-electron chi connectivity index (χ4n) is 2.36. The average molecular weight is 352 g/mol. The first-order valence-corrected chi connectivity index (χ1v) is 7.76. The molecular weight excluding hydrogens is 333 g/mol. The molecule has 2 aromatic carbocycles. The number of carbonyl (C=O) groups is 1. The minimum absolute atomic E-state index is 0.102. The predicted molar refractivity (Wildman–Crippen MR) is 87.8 cm³/mol. The topological polar surface area (TPSA) is 64.4 Å². The summed E-state index contributed by atoms with van der Waals surface area (Å²) in [6.45, 7) is 0.193. The van der Waals surface area contributed by atoms with Crippen molar-refractivity contribution in [2.75, 3.05) is 6.54 Å². The summed E-state index contributed by atoms with van der Waals surface area (Å²) in [5.41, 5.74) is 7.18. The van der Waals surface area contributed by atoms with Gasteiger partial charge in [-0.05, 0) is 23.6 Å². The van der Waals surface area contributed by atoms with Crippen molar-refractivity contribution in [2.24, 2.45) is 5.73 Å². The van der Waals surface area contributed by atoms with Crippen LogP contribution in [0.2, 0.25) is 0 Å². The summed E-state index contributed by atoms with van der Waals surface area (Å²) in [7, 11) is 0. The molecule has 0 aromatic heterocycles. The summed E-state index contributed by atoms with van der Waals surface area (Å²) >= 11 is 0. The Labute approximate surface area is 143 Å². The Hall–Kier alpha value is -2.54. The van der Waals surface area contributed by atoms with Crippen LogP contribution in [0.1, 0.15) is 23.6 Å². The minimum Gasteiger partial charge on any atom is -0.406 e. The lowest BCUT2D eigenvalue weighted by Gasteiger charge is -2.14. The highest BCUT2D eigenvalue weighted by molar-refractivity contribution is 5.76. The third-order valence-corrected chi connectivity index (χ3v) is 3.55. The lowest BCUT2D eigenvalue weighted by molar-refractivity contribution is -0.274. The number of hydrogen-bond acceptors (Lipinski definition) is 3. The molecule has 0 radical (unpaired) electrons. The van der Waals surface area contributed by atoms with E-state index in [1.807, 2.05) is 30.3 Å². The molecule has 7 heteroatoms. The van der Waals surface area contributed by atoms with Gasteiger partial charge >= 0.3 is 6.36 Å². The first kappa shape index (κ1) is 18.8. The SMILES string of the molecule is NC(CC(=O)NCCc1ccccc1OC(F)(F)F)c1ccccc1. The van der Waals surface area contributed by atoms with Crippen LogP contribution in [-0.4, -0.2) is 18.8 Å². The van der Waals surface area contributed by atoms with Gasteiger partial charge in [0, 0.05) is 19.0 Å². The van der Waals surface area contributed by atoms with Crippen LogP contribution in [0.5, 0.6) is 5.75 Å². The van der Waals surface area contributed by atoms with Crippen LogP contribution in [0.15, 0.2) is 54.6 Å². The van der Waals surface area contributed by atoms with Gasteiger partial charge in [-0.3, -0.25) is 4.79 Å². The minimum atomic E-state index is -4.75. The first-order chi connectivity index (χ1) is 11.8. The number of benzene rings is 2. The Morgan fingerprint density at radius 2 is 1.72 bits per heavy atom. The number of hydrogen-bond donors (Lipinski definition) is 2. The number of para-hydroxylation sites is 1. The molecule has 2 rings (SSSR count). The zero-order valence-corrected chi connectivity index (χ0v) is 13.4. The van der Waals surface area contributed by atoms with Crippen LogP contribution in [-0.2, 0) is 11.2 Å². The van der Waals surface area contributed by atoms with Crippen molar-refractivity contribution in [3.63, 3.8) is 0 Å². The predicted octanol–water partition coefficient (Wildman–Crippen LogP) is 3.33. The standard InChI is InChI=1S/C18H19F3N2O2/c19-18(20,21)25-16-9-5-4-8-14(16)10-11-23-17(24)12-15(22)13-6-2-1-3-7-13/h1-9,15H,10-12,22H2,(H,23,24). The molecule has 0 aliphatic rings. The van der Waals surface area contributed by atoms with Gasteiger partial charge < -0.3 is 15.8 Å². The molecule has 25 heavy (non-hydrogen) atoms. The summed E-state index contributed by atoms with van der Waals surface area (Å²) in [6.07, 6.45) is -4.43. The molecule has 0 aliphatic heterocycles. The summed E-state index contributed by atoms with van der Waals surface area (Å²) in [6, 6.07) is 14.6. The molecular formula is C18H19F3N2O2. The highest BCUT2D eigenvalue weighted by Gasteiger charge is 2.31. The number of amides is 1. The Bertz CT molecular complexity index is 690. The fraction of sp³-hybridized carbons (Fsp3) is 0.278.